The highest BCUT2D eigenvalue weighted by molar-refractivity contribution is 14.0. The number of ether oxygens (including phenoxy) is 3. The standard InChI is InChI=1S/C22H30N4O3.HI/c1-23-22(26(2)11-12-28-16-17-7-8-17)25-15-18-9-10-21(24-14-18)29-20-6-4-5-19(13-20)27-3;/h4-6,9-10,13-14,17H,7-8,11-12,15-16H2,1-3H3,(H,23,25);1H. The number of benzene rings is 1. The van der Waals surface area contributed by atoms with Crippen LogP contribution in [-0.2, 0) is 11.3 Å². The van der Waals surface area contributed by atoms with E-state index in [9.17, 15) is 0 Å². The first-order valence-electron chi connectivity index (χ1n) is 9.94. The van der Waals surface area contributed by atoms with Crippen molar-refractivity contribution in [3.8, 4) is 17.4 Å². The number of nitrogens with zero attached hydrogens (tertiary/aromatic N) is 3. The normalized spacial score (nSPS) is 13.4. The molecule has 0 amide bonds. The lowest BCUT2D eigenvalue weighted by atomic mass is 10.3. The molecule has 0 aliphatic heterocycles. The second-order valence-electron chi connectivity index (χ2n) is 7.13. The molecule has 1 saturated carbocycles. The van der Waals surface area contributed by atoms with Crippen LogP contribution in [0.5, 0.6) is 17.4 Å². The molecule has 3 rings (SSSR count). The number of nitrogens with one attached hydrogen (secondary N) is 1. The molecule has 1 aromatic carbocycles. The quantitative estimate of drug-likeness (QED) is 0.219. The first-order valence-corrected chi connectivity index (χ1v) is 9.94. The van der Waals surface area contributed by atoms with Crippen LogP contribution in [0.3, 0.4) is 0 Å². The van der Waals surface area contributed by atoms with Gasteiger partial charge in [0.25, 0.3) is 0 Å². The van der Waals surface area contributed by atoms with Crippen molar-refractivity contribution in [2.45, 2.75) is 19.4 Å². The third-order valence-electron chi connectivity index (χ3n) is 4.71. The van der Waals surface area contributed by atoms with Gasteiger partial charge in [-0.25, -0.2) is 4.98 Å². The van der Waals surface area contributed by atoms with Gasteiger partial charge < -0.3 is 24.4 Å². The molecular formula is C22H31IN4O3. The molecule has 0 saturated heterocycles. The molecule has 1 N–H and O–H groups in total. The maximum atomic E-state index is 5.78. The molecule has 0 radical (unpaired) electrons. The average Bonchev–Trinajstić information content (AvgIpc) is 3.57. The minimum atomic E-state index is 0. The molecule has 1 aliphatic rings. The van der Waals surface area contributed by atoms with Crippen molar-refractivity contribution in [2.24, 2.45) is 10.9 Å². The Labute approximate surface area is 195 Å². The van der Waals surface area contributed by atoms with Crippen LogP contribution in [-0.4, -0.2) is 56.8 Å². The highest BCUT2D eigenvalue weighted by atomic mass is 127. The summed E-state index contributed by atoms with van der Waals surface area (Å²) < 4.78 is 16.7. The summed E-state index contributed by atoms with van der Waals surface area (Å²) in [4.78, 5) is 10.8. The third-order valence-corrected chi connectivity index (χ3v) is 4.71. The van der Waals surface area contributed by atoms with Crippen molar-refractivity contribution in [1.29, 1.82) is 0 Å². The van der Waals surface area contributed by atoms with E-state index in [-0.39, 0.29) is 24.0 Å². The molecule has 1 fully saturated rings. The summed E-state index contributed by atoms with van der Waals surface area (Å²) in [6.45, 7) is 3.03. The fourth-order valence-electron chi connectivity index (χ4n) is 2.77. The van der Waals surface area contributed by atoms with Gasteiger partial charge in [0.05, 0.1) is 13.7 Å². The Bertz CT molecular complexity index is 797. The number of methoxy groups -OCH3 is 1. The lowest BCUT2D eigenvalue weighted by Gasteiger charge is -2.22. The zero-order chi connectivity index (χ0) is 20.5. The molecule has 0 unspecified atom stereocenters. The Morgan fingerprint density at radius 2 is 2.03 bits per heavy atom. The van der Waals surface area contributed by atoms with E-state index in [1.165, 1.54) is 12.8 Å². The monoisotopic (exact) mass is 526 g/mol. The van der Waals surface area contributed by atoms with Gasteiger partial charge in [-0.15, -0.1) is 24.0 Å². The summed E-state index contributed by atoms with van der Waals surface area (Å²) in [7, 11) is 5.43. The van der Waals surface area contributed by atoms with Gasteiger partial charge in [0, 0.05) is 52.1 Å². The van der Waals surface area contributed by atoms with E-state index >= 15 is 0 Å². The van der Waals surface area contributed by atoms with E-state index < -0.39 is 0 Å². The van der Waals surface area contributed by atoms with Gasteiger partial charge in [0.15, 0.2) is 5.96 Å². The lowest BCUT2D eigenvalue weighted by Crippen LogP contribution is -2.40. The number of aliphatic imine (C=N–C) groups is 1. The van der Waals surface area contributed by atoms with Crippen molar-refractivity contribution < 1.29 is 14.2 Å². The third kappa shape index (κ3) is 7.98. The summed E-state index contributed by atoms with van der Waals surface area (Å²) in [5.74, 6) is 3.60. The highest BCUT2D eigenvalue weighted by Crippen LogP contribution is 2.28. The van der Waals surface area contributed by atoms with Crippen LogP contribution in [0.4, 0.5) is 0 Å². The van der Waals surface area contributed by atoms with E-state index in [2.05, 4.69) is 20.2 Å². The number of guanidine groups is 1. The SMILES string of the molecule is CN=C(NCc1ccc(Oc2cccc(OC)c2)nc1)N(C)CCOCC1CC1.I. The number of hydrogen-bond acceptors (Lipinski definition) is 5. The highest BCUT2D eigenvalue weighted by Gasteiger charge is 2.21. The Balaban J connectivity index is 0.00000320. The molecular weight excluding hydrogens is 495 g/mol. The van der Waals surface area contributed by atoms with Crippen LogP contribution in [0.1, 0.15) is 18.4 Å². The zero-order valence-electron chi connectivity index (χ0n) is 17.8. The Morgan fingerprint density at radius 3 is 2.70 bits per heavy atom. The van der Waals surface area contributed by atoms with Gasteiger partial charge >= 0.3 is 0 Å². The second-order valence-corrected chi connectivity index (χ2v) is 7.13. The van der Waals surface area contributed by atoms with Crippen molar-refractivity contribution in [3.05, 3.63) is 48.2 Å². The van der Waals surface area contributed by atoms with Crippen LogP contribution >= 0.6 is 24.0 Å². The molecule has 7 nitrogen and oxygen atoms in total. The van der Waals surface area contributed by atoms with Crippen molar-refractivity contribution in [1.82, 2.24) is 15.2 Å². The fourth-order valence-corrected chi connectivity index (χ4v) is 2.77. The number of pyridine rings is 1. The molecule has 0 atom stereocenters. The van der Waals surface area contributed by atoms with Crippen molar-refractivity contribution in [3.63, 3.8) is 0 Å². The molecule has 30 heavy (non-hydrogen) atoms. The van der Waals surface area contributed by atoms with E-state index in [4.69, 9.17) is 14.2 Å². The number of aromatic nitrogens is 1. The number of hydrogen-bond donors (Lipinski definition) is 1. The molecule has 2 aromatic rings. The molecule has 1 aliphatic carbocycles. The summed E-state index contributed by atoms with van der Waals surface area (Å²) in [5, 5.41) is 3.35. The Kier molecular flexibility index (Phi) is 10.2. The van der Waals surface area contributed by atoms with Gasteiger partial charge in [-0.1, -0.05) is 12.1 Å². The Morgan fingerprint density at radius 1 is 1.23 bits per heavy atom. The predicted molar refractivity (Wildman–Crippen MR) is 129 cm³/mol. The van der Waals surface area contributed by atoms with Gasteiger partial charge in [-0.2, -0.15) is 0 Å². The van der Waals surface area contributed by atoms with E-state index in [0.29, 0.717) is 24.8 Å². The predicted octanol–water partition coefficient (Wildman–Crippen LogP) is 3.93. The van der Waals surface area contributed by atoms with Crippen molar-refractivity contribution >= 4 is 29.9 Å². The molecule has 0 spiro atoms. The lowest BCUT2D eigenvalue weighted by molar-refractivity contribution is 0.115. The van der Waals surface area contributed by atoms with E-state index in [1.807, 2.05) is 43.4 Å². The minimum Gasteiger partial charge on any atom is -0.497 e. The van der Waals surface area contributed by atoms with Crippen molar-refractivity contribution in [2.75, 3.05) is 41.0 Å². The van der Waals surface area contributed by atoms with Gasteiger partial charge in [0.1, 0.15) is 11.5 Å². The molecule has 8 heteroatoms. The number of likely N-dealkylation sites (N-methyl/N-ethyl adjacent to an activating group) is 1. The maximum Gasteiger partial charge on any atom is 0.219 e. The van der Waals surface area contributed by atoms with Crippen LogP contribution in [0.15, 0.2) is 47.6 Å². The van der Waals surface area contributed by atoms with Crippen LogP contribution in [0.25, 0.3) is 0 Å². The smallest absolute Gasteiger partial charge is 0.219 e. The molecule has 1 aromatic heterocycles. The second kappa shape index (κ2) is 12.6. The summed E-state index contributed by atoms with van der Waals surface area (Å²) in [5.41, 5.74) is 1.04. The van der Waals surface area contributed by atoms with Gasteiger partial charge in [0.2, 0.25) is 5.88 Å². The first kappa shape index (κ1) is 24.2. The maximum absolute atomic E-state index is 5.78. The van der Waals surface area contributed by atoms with E-state index in [0.717, 1.165) is 36.3 Å². The largest absolute Gasteiger partial charge is 0.497 e. The van der Waals surface area contributed by atoms with Crippen LogP contribution in [0.2, 0.25) is 0 Å². The summed E-state index contributed by atoms with van der Waals surface area (Å²) in [6, 6.07) is 11.3. The number of halogens is 1. The van der Waals surface area contributed by atoms with E-state index in [1.54, 1.807) is 20.4 Å². The summed E-state index contributed by atoms with van der Waals surface area (Å²) in [6.07, 6.45) is 4.43. The summed E-state index contributed by atoms with van der Waals surface area (Å²) >= 11 is 0. The Hall–Kier alpha value is -2.07. The topological polar surface area (TPSA) is 68.2 Å². The average molecular weight is 526 g/mol. The molecule has 1 heterocycles. The number of rotatable bonds is 10. The van der Waals surface area contributed by atoms with Crippen LogP contribution < -0.4 is 14.8 Å². The molecule has 164 valence electrons. The van der Waals surface area contributed by atoms with Gasteiger partial charge in [-0.05, 0) is 36.5 Å². The first-order chi connectivity index (χ1) is 14.2. The molecule has 0 bridgehead atoms. The fraction of sp³-hybridized carbons (Fsp3) is 0.455. The minimum absolute atomic E-state index is 0. The van der Waals surface area contributed by atoms with Crippen LogP contribution in [0, 0.1) is 5.92 Å². The van der Waals surface area contributed by atoms with Gasteiger partial charge in [-0.3, -0.25) is 4.99 Å². The zero-order valence-corrected chi connectivity index (χ0v) is 20.2.